The molecule has 1 atom stereocenters. The monoisotopic (exact) mass is 521 g/mol. The van der Waals surface area contributed by atoms with Crippen molar-refractivity contribution in [3.63, 3.8) is 0 Å². The van der Waals surface area contributed by atoms with Gasteiger partial charge in [0.05, 0.1) is 43.1 Å². The Morgan fingerprint density at radius 3 is 2.57 bits per heavy atom. The number of ether oxygens (including phenoxy) is 2. The molecule has 1 amide bonds. The molecule has 1 aliphatic carbocycles. The maximum Gasteiger partial charge on any atom is 0.280 e. The molecule has 2 aromatic rings. The third-order valence-corrected chi connectivity index (χ3v) is 9.07. The summed E-state index contributed by atoms with van der Waals surface area (Å²) < 4.78 is 35.7. The molecule has 2 saturated heterocycles. The number of aromatic nitrogens is 2. The van der Waals surface area contributed by atoms with E-state index in [-0.39, 0.29) is 22.0 Å². The van der Waals surface area contributed by atoms with Gasteiger partial charge in [0.15, 0.2) is 21.7 Å². The molecule has 0 bridgehead atoms. The maximum atomic E-state index is 13.2. The van der Waals surface area contributed by atoms with Gasteiger partial charge < -0.3 is 14.3 Å². The molecule has 1 aromatic carbocycles. The number of carbonyl (C=O) groups excluding carboxylic acids is 1. The van der Waals surface area contributed by atoms with Crippen LogP contribution in [0.2, 0.25) is 0 Å². The van der Waals surface area contributed by atoms with Gasteiger partial charge in [-0.3, -0.25) is 15.0 Å². The van der Waals surface area contributed by atoms with E-state index in [0.717, 1.165) is 18.1 Å². The molecule has 0 radical (unpaired) electrons. The quantitative estimate of drug-likeness (QED) is 0.385. The first-order valence-electron chi connectivity index (χ1n) is 11.6. The van der Waals surface area contributed by atoms with Gasteiger partial charge in [0.2, 0.25) is 5.13 Å². The Kier molecular flexibility index (Phi) is 7.39. The summed E-state index contributed by atoms with van der Waals surface area (Å²) in [5.41, 5.74) is 0.464. The molecule has 2 aliphatic heterocycles. The van der Waals surface area contributed by atoms with Crippen LogP contribution in [0.4, 0.5) is 5.13 Å². The van der Waals surface area contributed by atoms with Crippen molar-refractivity contribution in [3.8, 4) is 0 Å². The molecule has 1 saturated carbocycles. The summed E-state index contributed by atoms with van der Waals surface area (Å²) in [6, 6.07) is 6.17. The predicted octanol–water partition coefficient (Wildman–Crippen LogP) is 1.45. The minimum Gasteiger partial charge on any atom is -0.389 e. The van der Waals surface area contributed by atoms with E-state index in [2.05, 4.69) is 25.6 Å². The highest BCUT2D eigenvalue weighted by Gasteiger charge is 2.36. The van der Waals surface area contributed by atoms with Crippen LogP contribution in [-0.2, 0) is 35.5 Å². The molecule has 11 nitrogen and oxygen atoms in total. The fourth-order valence-electron chi connectivity index (χ4n) is 3.80. The highest BCUT2D eigenvalue weighted by molar-refractivity contribution is 7.92. The van der Waals surface area contributed by atoms with Crippen LogP contribution in [-0.4, -0.2) is 86.0 Å². The van der Waals surface area contributed by atoms with E-state index in [9.17, 15) is 13.2 Å². The first-order chi connectivity index (χ1) is 17.0. The molecule has 13 heteroatoms. The van der Waals surface area contributed by atoms with Crippen LogP contribution in [0.15, 0.2) is 34.3 Å². The van der Waals surface area contributed by atoms with E-state index in [4.69, 9.17) is 14.3 Å². The van der Waals surface area contributed by atoms with Crippen molar-refractivity contribution in [2.75, 3.05) is 44.8 Å². The summed E-state index contributed by atoms with van der Waals surface area (Å²) in [5.74, 6) is -0.518. The molecule has 1 aromatic heterocycles. The number of hydrogen-bond donors (Lipinski definition) is 1. The van der Waals surface area contributed by atoms with Gasteiger partial charge in [-0.25, -0.2) is 8.42 Å². The molecule has 3 aliphatic rings. The lowest BCUT2D eigenvalue weighted by Crippen LogP contribution is -2.35. The molecule has 1 N–H and O–H groups in total. The summed E-state index contributed by atoms with van der Waals surface area (Å²) in [4.78, 5) is 21.2. The second kappa shape index (κ2) is 10.7. The highest BCUT2D eigenvalue weighted by Crippen LogP contribution is 2.33. The van der Waals surface area contributed by atoms with E-state index >= 15 is 0 Å². The Labute approximate surface area is 207 Å². The smallest absolute Gasteiger partial charge is 0.280 e. The van der Waals surface area contributed by atoms with Gasteiger partial charge in [0, 0.05) is 25.1 Å². The zero-order valence-electron chi connectivity index (χ0n) is 19.1. The second-order valence-corrected chi connectivity index (χ2v) is 11.9. The molecule has 188 valence electrons. The number of nitrogens with one attached hydrogen (secondary N) is 1. The normalized spacial score (nSPS) is 21.7. The van der Waals surface area contributed by atoms with E-state index in [1.165, 1.54) is 23.5 Å². The summed E-state index contributed by atoms with van der Waals surface area (Å²) in [6.45, 7) is 4.65. The van der Waals surface area contributed by atoms with E-state index in [1.54, 1.807) is 12.1 Å². The fraction of sp³-hybridized carbons (Fsp3) is 0.545. The van der Waals surface area contributed by atoms with Crippen LogP contribution in [0.5, 0.6) is 0 Å². The Hall–Kier alpha value is -2.45. The van der Waals surface area contributed by atoms with Crippen LogP contribution in [0.25, 0.3) is 0 Å². The topological polar surface area (TPSA) is 132 Å². The van der Waals surface area contributed by atoms with Gasteiger partial charge in [-0.2, -0.15) is 0 Å². The van der Waals surface area contributed by atoms with Gasteiger partial charge in [0.1, 0.15) is 5.01 Å². The third kappa shape index (κ3) is 6.04. The molecule has 0 spiro atoms. The van der Waals surface area contributed by atoms with Gasteiger partial charge in [-0.1, -0.05) is 28.6 Å². The zero-order valence-corrected chi connectivity index (χ0v) is 20.7. The number of hydrogen-bond acceptors (Lipinski definition) is 11. The molecule has 3 fully saturated rings. The average molecular weight is 522 g/mol. The number of rotatable bonds is 9. The van der Waals surface area contributed by atoms with Crippen molar-refractivity contribution < 1.29 is 27.5 Å². The summed E-state index contributed by atoms with van der Waals surface area (Å²) >= 11 is 1.30. The number of morpholine rings is 1. The first-order valence-corrected chi connectivity index (χ1v) is 13.9. The minimum absolute atomic E-state index is 0.0252. The van der Waals surface area contributed by atoms with Crippen molar-refractivity contribution in [1.29, 1.82) is 0 Å². The zero-order chi connectivity index (χ0) is 24.3. The lowest BCUT2D eigenvalue weighted by Gasteiger charge is -2.25. The van der Waals surface area contributed by atoms with Crippen molar-refractivity contribution in [2.24, 2.45) is 5.16 Å². The lowest BCUT2D eigenvalue weighted by molar-refractivity contribution is -0.110. The molecule has 5 rings (SSSR count). The highest BCUT2D eigenvalue weighted by atomic mass is 32.2. The van der Waals surface area contributed by atoms with Crippen LogP contribution in [0.3, 0.4) is 0 Å². The number of oxime groups is 1. The summed E-state index contributed by atoms with van der Waals surface area (Å²) in [6.07, 6.45) is 1.81. The Morgan fingerprint density at radius 1 is 1.11 bits per heavy atom. The molecule has 35 heavy (non-hydrogen) atoms. The molecule has 0 unspecified atom stereocenters. The van der Waals surface area contributed by atoms with Crippen molar-refractivity contribution in [2.45, 2.75) is 42.1 Å². The Morgan fingerprint density at radius 2 is 1.89 bits per heavy atom. The van der Waals surface area contributed by atoms with Gasteiger partial charge in [-0.05, 0) is 25.0 Å². The van der Waals surface area contributed by atoms with Gasteiger partial charge in [-0.15, -0.1) is 10.2 Å². The number of benzene rings is 1. The minimum atomic E-state index is -3.33. The van der Waals surface area contributed by atoms with Crippen molar-refractivity contribution in [3.05, 3.63) is 34.8 Å². The van der Waals surface area contributed by atoms with E-state index in [1.807, 2.05) is 0 Å². The largest absolute Gasteiger partial charge is 0.389 e. The van der Waals surface area contributed by atoms with Crippen LogP contribution >= 0.6 is 11.3 Å². The Bertz CT molecular complexity index is 1170. The van der Waals surface area contributed by atoms with Gasteiger partial charge in [0.25, 0.3) is 5.91 Å². The van der Waals surface area contributed by atoms with Crippen molar-refractivity contribution >= 4 is 37.9 Å². The SMILES string of the molecule is O=C(Nc1nnc(CN2CCOCC2)s1)/C(=N/O[C@@H]1CCOC1)c1ccc(S(=O)(=O)C2CC2)cc1. The summed E-state index contributed by atoms with van der Waals surface area (Å²) in [5, 5.41) is 16.0. The Balaban J connectivity index is 1.31. The maximum absolute atomic E-state index is 13.2. The second-order valence-electron chi connectivity index (χ2n) is 8.64. The predicted molar refractivity (Wildman–Crippen MR) is 128 cm³/mol. The summed E-state index contributed by atoms with van der Waals surface area (Å²) in [7, 11) is -3.33. The van der Waals surface area contributed by atoms with Crippen LogP contribution in [0, 0.1) is 0 Å². The third-order valence-electron chi connectivity index (χ3n) is 5.97. The number of sulfone groups is 1. The van der Waals surface area contributed by atoms with E-state index < -0.39 is 15.7 Å². The number of carbonyl (C=O) groups is 1. The van der Waals surface area contributed by atoms with Crippen molar-refractivity contribution in [1.82, 2.24) is 15.1 Å². The molecular formula is C22H27N5O6S2. The standard InChI is InChI=1S/C22H27N5O6S2/c28-21(23-22-25-24-19(34-22)13-27-8-11-31-12-9-27)20(26-33-16-7-10-32-14-16)15-1-3-17(4-2-15)35(29,30)18-5-6-18/h1-4,16,18H,5-14H2,(H,23,25,28)/b26-20+/t16-/m1/s1. The molecule has 3 heterocycles. The average Bonchev–Trinajstić information content (AvgIpc) is 3.45. The number of nitrogens with zero attached hydrogens (tertiary/aromatic N) is 4. The van der Waals surface area contributed by atoms with Gasteiger partial charge >= 0.3 is 0 Å². The fourth-order valence-corrected chi connectivity index (χ4v) is 6.23. The van der Waals surface area contributed by atoms with Crippen LogP contribution in [0.1, 0.15) is 29.8 Å². The number of anilines is 1. The van der Waals surface area contributed by atoms with Crippen LogP contribution < -0.4 is 5.32 Å². The number of amides is 1. The molecular weight excluding hydrogens is 494 g/mol. The van der Waals surface area contributed by atoms with E-state index in [0.29, 0.717) is 62.9 Å². The first kappa shape index (κ1) is 24.3. The lowest BCUT2D eigenvalue weighted by atomic mass is 10.1.